The molecule has 0 atom stereocenters. The molecule has 144 valence electrons. The molecule has 28 heavy (non-hydrogen) atoms. The Bertz CT molecular complexity index is 1030. The average Bonchev–Trinajstić information content (AvgIpc) is 2.71. The maximum atomic E-state index is 12.4. The number of hydrogen-bond acceptors (Lipinski definition) is 6. The first kappa shape index (κ1) is 19.4. The minimum atomic E-state index is -0.449. The van der Waals surface area contributed by atoms with Crippen molar-refractivity contribution in [3.63, 3.8) is 0 Å². The second-order valence-electron chi connectivity index (χ2n) is 6.19. The number of para-hydroxylation sites is 1. The van der Waals surface area contributed by atoms with Crippen LogP contribution in [-0.2, 0) is 9.53 Å². The molecule has 0 aliphatic heterocycles. The Morgan fingerprint density at radius 1 is 1.07 bits per heavy atom. The van der Waals surface area contributed by atoms with Gasteiger partial charge < -0.3 is 14.6 Å². The minimum Gasteiger partial charge on any atom is -0.506 e. The zero-order valence-corrected chi connectivity index (χ0v) is 15.8. The van der Waals surface area contributed by atoms with Crippen LogP contribution < -0.4 is 4.74 Å². The summed E-state index contributed by atoms with van der Waals surface area (Å²) in [5, 5.41) is 10.9. The van der Waals surface area contributed by atoms with Crippen LogP contribution >= 0.6 is 0 Å². The van der Waals surface area contributed by atoms with Crippen LogP contribution in [0.5, 0.6) is 11.5 Å². The molecule has 0 aliphatic rings. The lowest BCUT2D eigenvalue weighted by molar-refractivity contribution is -0.143. The first-order valence-corrected chi connectivity index (χ1v) is 8.99. The number of aromatic hydroxyl groups is 1. The summed E-state index contributed by atoms with van der Waals surface area (Å²) in [5.41, 5.74) is 2.31. The number of hydrogen-bond donors (Lipinski definition) is 1. The molecule has 0 spiro atoms. The van der Waals surface area contributed by atoms with Gasteiger partial charge in [0.05, 0.1) is 25.7 Å². The van der Waals surface area contributed by atoms with Gasteiger partial charge in [0.1, 0.15) is 17.2 Å². The van der Waals surface area contributed by atoms with Crippen LogP contribution in [0.25, 0.3) is 22.0 Å². The van der Waals surface area contributed by atoms with E-state index >= 15 is 0 Å². The van der Waals surface area contributed by atoms with E-state index in [1.807, 2.05) is 42.5 Å². The van der Waals surface area contributed by atoms with Crippen LogP contribution in [0.4, 0.5) is 0 Å². The summed E-state index contributed by atoms with van der Waals surface area (Å²) >= 11 is 0. The van der Waals surface area contributed by atoms with Gasteiger partial charge in [-0.15, -0.1) is 0 Å². The van der Waals surface area contributed by atoms with Crippen molar-refractivity contribution in [1.29, 1.82) is 0 Å². The summed E-state index contributed by atoms with van der Waals surface area (Å²) in [4.78, 5) is 28.2. The highest BCUT2D eigenvalue weighted by molar-refractivity contribution is 6.00. The van der Waals surface area contributed by atoms with Gasteiger partial charge in [0.2, 0.25) is 0 Å². The Morgan fingerprint density at radius 2 is 1.86 bits per heavy atom. The highest BCUT2D eigenvalue weighted by Crippen LogP contribution is 2.32. The Morgan fingerprint density at radius 3 is 2.61 bits per heavy atom. The SMILES string of the molecule is CCOC(=O)CCC(=O)c1nc2cc(-c3ccccc3OC)ccc2cc1O. The average molecular weight is 379 g/mol. The Kier molecular flexibility index (Phi) is 5.89. The van der Waals surface area contributed by atoms with E-state index in [0.717, 1.165) is 16.9 Å². The van der Waals surface area contributed by atoms with E-state index in [1.165, 1.54) is 6.07 Å². The van der Waals surface area contributed by atoms with Gasteiger partial charge in [-0.1, -0.05) is 30.3 Å². The Balaban J connectivity index is 1.94. The van der Waals surface area contributed by atoms with Gasteiger partial charge in [0.15, 0.2) is 5.78 Å². The number of carbonyl (C=O) groups excluding carboxylic acids is 2. The quantitative estimate of drug-likeness (QED) is 0.490. The van der Waals surface area contributed by atoms with E-state index in [1.54, 1.807) is 14.0 Å². The van der Waals surface area contributed by atoms with Crippen molar-refractivity contribution >= 4 is 22.7 Å². The van der Waals surface area contributed by atoms with E-state index in [9.17, 15) is 14.7 Å². The number of rotatable bonds is 7. The maximum absolute atomic E-state index is 12.4. The molecule has 0 unspecified atom stereocenters. The number of methoxy groups -OCH3 is 1. The number of nitrogens with zero attached hydrogens (tertiary/aromatic N) is 1. The van der Waals surface area contributed by atoms with Gasteiger partial charge in [-0.3, -0.25) is 9.59 Å². The molecule has 0 bridgehead atoms. The number of aromatic nitrogens is 1. The normalized spacial score (nSPS) is 10.6. The summed E-state index contributed by atoms with van der Waals surface area (Å²) in [6.45, 7) is 1.97. The Hall–Kier alpha value is -3.41. The number of pyridine rings is 1. The predicted octanol–water partition coefficient (Wildman–Crippen LogP) is 4.14. The summed E-state index contributed by atoms with van der Waals surface area (Å²) < 4.78 is 10.2. The third-order valence-corrected chi connectivity index (χ3v) is 4.34. The summed E-state index contributed by atoms with van der Waals surface area (Å²) in [6, 6.07) is 14.7. The fourth-order valence-corrected chi connectivity index (χ4v) is 2.98. The third kappa shape index (κ3) is 4.11. The fraction of sp³-hybridized carbons (Fsp3) is 0.227. The van der Waals surface area contributed by atoms with Crippen LogP contribution in [-0.4, -0.2) is 35.6 Å². The summed E-state index contributed by atoms with van der Waals surface area (Å²) in [7, 11) is 1.61. The lowest BCUT2D eigenvalue weighted by Gasteiger charge is -2.10. The van der Waals surface area contributed by atoms with Crippen LogP contribution in [0.3, 0.4) is 0 Å². The number of carbonyl (C=O) groups is 2. The van der Waals surface area contributed by atoms with Crippen LogP contribution in [0.1, 0.15) is 30.3 Å². The smallest absolute Gasteiger partial charge is 0.306 e. The highest BCUT2D eigenvalue weighted by atomic mass is 16.5. The second kappa shape index (κ2) is 8.52. The van der Waals surface area contributed by atoms with Crippen molar-refractivity contribution in [3.05, 3.63) is 54.2 Å². The van der Waals surface area contributed by atoms with Crippen molar-refractivity contribution < 1.29 is 24.2 Å². The molecule has 1 aromatic heterocycles. The number of ether oxygens (including phenoxy) is 2. The lowest BCUT2D eigenvalue weighted by Crippen LogP contribution is -2.09. The zero-order chi connectivity index (χ0) is 20.1. The van der Waals surface area contributed by atoms with Gasteiger partial charge in [0.25, 0.3) is 0 Å². The molecule has 0 aliphatic carbocycles. The molecular weight excluding hydrogens is 358 g/mol. The molecule has 6 heteroatoms. The van der Waals surface area contributed by atoms with E-state index in [2.05, 4.69) is 4.98 Å². The van der Waals surface area contributed by atoms with Gasteiger partial charge >= 0.3 is 5.97 Å². The second-order valence-corrected chi connectivity index (χ2v) is 6.19. The molecule has 0 fully saturated rings. The topological polar surface area (TPSA) is 85.7 Å². The van der Waals surface area contributed by atoms with E-state index < -0.39 is 11.8 Å². The molecule has 3 aromatic rings. The van der Waals surface area contributed by atoms with Gasteiger partial charge in [-0.2, -0.15) is 0 Å². The molecule has 1 N–H and O–H groups in total. The predicted molar refractivity (Wildman–Crippen MR) is 106 cm³/mol. The standard InChI is InChI=1S/C22H21NO5/c1-3-28-21(26)11-10-18(24)22-19(25)13-15-9-8-14(12-17(15)23-22)16-6-4-5-7-20(16)27-2/h4-9,12-13,25H,3,10-11H2,1-2H3. The maximum Gasteiger partial charge on any atom is 0.306 e. The highest BCUT2D eigenvalue weighted by Gasteiger charge is 2.17. The largest absolute Gasteiger partial charge is 0.506 e. The molecule has 3 rings (SSSR count). The fourth-order valence-electron chi connectivity index (χ4n) is 2.98. The summed E-state index contributed by atoms with van der Waals surface area (Å²) in [5.74, 6) is -0.331. The lowest BCUT2D eigenvalue weighted by atomic mass is 10.0. The summed E-state index contributed by atoms with van der Waals surface area (Å²) in [6.07, 6.45) is -0.121. The van der Waals surface area contributed by atoms with Gasteiger partial charge in [-0.05, 0) is 30.7 Å². The van der Waals surface area contributed by atoms with Crippen molar-refractivity contribution in [2.75, 3.05) is 13.7 Å². The molecule has 6 nitrogen and oxygen atoms in total. The van der Waals surface area contributed by atoms with E-state index in [0.29, 0.717) is 10.9 Å². The van der Waals surface area contributed by atoms with Crippen molar-refractivity contribution in [1.82, 2.24) is 4.98 Å². The number of Topliss-reactive ketones (excluding diaryl/α,β-unsaturated/α-hetero) is 1. The first-order chi connectivity index (χ1) is 13.5. The van der Waals surface area contributed by atoms with E-state index in [4.69, 9.17) is 9.47 Å². The monoisotopic (exact) mass is 379 g/mol. The number of fused-ring (bicyclic) bond motifs is 1. The molecule has 1 heterocycles. The van der Waals surface area contributed by atoms with Gasteiger partial charge in [-0.25, -0.2) is 4.98 Å². The van der Waals surface area contributed by atoms with Crippen LogP contribution in [0.15, 0.2) is 48.5 Å². The number of benzene rings is 2. The molecule has 0 amide bonds. The van der Waals surface area contributed by atoms with Crippen LogP contribution in [0.2, 0.25) is 0 Å². The molecule has 0 saturated heterocycles. The molecule has 2 aromatic carbocycles. The number of ketones is 1. The van der Waals surface area contributed by atoms with Crippen LogP contribution in [0, 0.1) is 0 Å². The third-order valence-electron chi connectivity index (χ3n) is 4.34. The molecule has 0 saturated carbocycles. The van der Waals surface area contributed by atoms with Gasteiger partial charge in [0, 0.05) is 17.4 Å². The zero-order valence-electron chi connectivity index (χ0n) is 15.8. The first-order valence-electron chi connectivity index (χ1n) is 8.99. The van der Waals surface area contributed by atoms with Crippen molar-refractivity contribution in [2.45, 2.75) is 19.8 Å². The van der Waals surface area contributed by atoms with E-state index in [-0.39, 0.29) is 30.9 Å². The minimum absolute atomic E-state index is 0.0472. The number of esters is 1. The molecule has 0 radical (unpaired) electrons. The Labute approximate surface area is 162 Å². The van der Waals surface area contributed by atoms with Crippen molar-refractivity contribution in [2.24, 2.45) is 0 Å². The molecular formula is C22H21NO5. The van der Waals surface area contributed by atoms with Crippen molar-refractivity contribution in [3.8, 4) is 22.6 Å².